The van der Waals surface area contributed by atoms with Crippen molar-refractivity contribution >= 4 is 11.6 Å². The average molecular weight is 558 g/mol. The first-order chi connectivity index (χ1) is 19.2. The normalized spacial score (nSPS) is 11.9. The van der Waals surface area contributed by atoms with Gasteiger partial charge in [0, 0.05) is 41.3 Å². The average Bonchev–Trinajstić information content (AvgIpc) is 3.29. The number of benzene rings is 3. The van der Waals surface area contributed by atoms with Crippen molar-refractivity contribution in [3.05, 3.63) is 94.6 Å². The van der Waals surface area contributed by atoms with E-state index in [0.717, 1.165) is 78.5 Å². The van der Waals surface area contributed by atoms with E-state index in [1.165, 1.54) is 11.3 Å². The maximum absolute atomic E-state index is 10.9. The highest BCUT2D eigenvalue weighted by Gasteiger charge is 2.23. The fourth-order valence-electron chi connectivity index (χ4n) is 5.08. The molecule has 5 heteroatoms. The van der Waals surface area contributed by atoms with Gasteiger partial charge in [0.2, 0.25) is 0 Å². The van der Waals surface area contributed by atoms with Crippen LogP contribution in [0, 0.1) is 0 Å². The Labute approximate surface area is 245 Å². The summed E-state index contributed by atoms with van der Waals surface area (Å²) in [6, 6.07) is 24.6. The Morgan fingerprint density at radius 1 is 0.850 bits per heavy atom. The lowest BCUT2D eigenvalue weighted by molar-refractivity contribution is 0.243. The number of aromatic hydroxyl groups is 1. The standard InChI is InChI=1S/C35H44ClN3O/c1-6-8-21-38(24-28-23-29(35(3,4)5)17-20-32(28)40)25-31-33(26-15-18-30(36)19-16-26)37-34(39(31)22-9-7-2)27-13-11-10-12-14-27/h10-20,23,40H,6-9,21-22,24-25H2,1-5H3. The summed E-state index contributed by atoms with van der Waals surface area (Å²) in [6.45, 7) is 14.4. The van der Waals surface area contributed by atoms with Crippen molar-refractivity contribution in [3.8, 4) is 28.4 Å². The van der Waals surface area contributed by atoms with Crippen LogP contribution >= 0.6 is 11.6 Å². The molecule has 1 heterocycles. The quantitative estimate of drug-likeness (QED) is 0.188. The summed E-state index contributed by atoms with van der Waals surface area (Å²) >= 11 is 6.27. The number of halogens is 1. The maximum Gasteiger partial charge on any atom is 0.140 e. The zero-order chi connectivity index (χ0) is 28.7. The van der Waals surface area contributed by atoms with Crippen LogP contribution in [-0.2, 0) is 25.0 Å². The van der Waals surface area contributed by atoms with E-state index >= 15 is 0 Å². The zero-order valence-corrected chi connectivity index (χ0v) is 25.5. The summed E-state index contributed by atoms with van der Waals surface area (Å²) in [4.78, 5) is 7.75. The molecule has 0 bridgehead atoms. The number of imidazole rings is 1. The molecule has 212 valence electrons. The molecule has 0 aliphatic carbocycles. The van der Waals surface area contributed by atoms with E-state index < -0.39 is 0 Å². The summed E-state index contributed by atoms with van der Waals surface area (Å²) in [5.41, 5.74) is 6.62. The van der Waals surface area contributed by atoms with Crippen molar-refractivity contribution < 1.29 is 5.11 Å². The van der Waals surface area contributed by atoms with Crippen molar-refractivity contribution in [2.24, 2.45) is 0 Å². The van der Waals surface area contributed by atoms with Crippen LogP contribution in [0.3, 0.4) is 0 Å². The van der Waals surface area contributed by atoms with E-state index in [4.69, 9.17) is 16.6 Å². The van der Waals surface area contributed by atoms with Crippen LogP contribution < -0.4 is 0 Å². The highest BCUT2D eigenvalue weighted by atomic mass is 35.5. The summed E-state index contributed by atoms with van der Waals surface area (Å²) < 4.78 is 2.42. The van der Waals surface area contributed by atoms with Gasteiger partial charge in [0.1, 0.15) is 11.6 Å². The van der Waals surface area contributed by atoms with Crippen LogP contribution in [-0.4, -0.2) is 26.1 Å². The second-order valence-corrected chi connectivity index (χ2v) is 12.2. The van der Waals surface area contributed by atoms with Crippen molar-refractivity contribution in [3.63, 3.8) is 0 Å². The maximum atomic E-state index is 10.9. The van der Waals surface area contributed by atoms with Gasteiger partial charge in [-0.2, -0.15) is 0 Å². The first kappa shape index (κ1) is 29.9. The molecule has 0 saturated heterocycles. The van der Waals surface area contributed by atoms with Gasteiger partial charge in [-0.15, -0.1) is 0 Å². The second kappa shape index (κ2) is 13.5. The Bertz CT molecular complexity index is 1370. The number of unbranched alkanes of at least 4 members (excludes halogenated alkanes) is 2. The van der Waals surface area contributed by atoms with Crippen molar-refractivity contribution in [1.82, 2.24) is 14.5 Å². The molecule has 4 aromatic rings. The third-order valence-corrected chi connectivity index (χ3v) is 7.75. The minimum Gasteiger partial charge on any atom is -0.508 e. The lowest BCUT2D eigenvalue weighted by Crippen LogP contribution is -2.26. The van der Waals surface area contributed by atoms with Crippen molar-refractivity contribution in [1.29, 1.82) is 0 Å². The molecule has 0 atom stereocenters. The number of rotatable bonds is 12. The molecule has 1 N–H and O–H groups in total. The van der Waals surface area contributed by atoms with Crippen molar-refractivity contribution in [2.45, 2.75) is 85.4 Å². The molecule has 0 unspecified atom stereocenters. The third kappa shape index (κ3) is 7.35. The van der Waals surface area contributed by atoms with E-state index in [0.29, 0.717) is 12.3 Å². The Morgan fingerprint density at radius 3 is 2.20 bits per heavy atom. The van der Waals surface area contributed by atoms with Crippen LogP contribution in [0.4, 0.5) is 0 Å². The van der Waals surface area contributed by atoms with Crippen LogP contribution in [0.15, 0.2) is 72.8 Å². The number of hydrogen-bond donors (Lipinski definition) is 1. The molecule has 1 aromatic heterocycles. The lowest BCUT2D eigenvalue weighted by Gasteiger charge is -2.26. The predicted octanol–water partition coefficient (Wildman–Crippen LogP) is 9.48. The highest BCUT2D eigenvalue weighted by molar-refractivity contribution is 6.30. The molecule has 0 saturated carbocycles. The highest BCUT2D eigenvalue weighted by Crippen LogP contribution is 2.33. The fraction of sp³-hybridized carbons (Fsp3) is 0.400. The van der Waals surface area contributed by atoms with Gasteiger partial charge >= 0.3 is 0 Å². The molecular formula is C35H44ClN3O. The number of hydrogen-bond acceptors (Lipinski definition) is 3. The molecule has 3 aromatic carbocycles. The van der Waals surface area contributed by atoms with Crippen LogP contribution in [0.25, 0.3) is 22.6 Å². The molecular weight excluding hydrogens is 514 g/mol. The Hall–Kier alpha value is -3.08. The Kier molecular flexibility index (Phi) is 10.1. The van der Waals surface area contributed by atoms with Gasteiger partial charge in [-0.3, -0.25) is 4.90 Å². The summed E-state index contributed by atoms with van der Waals surface area (Å²) in [6.07, 6.45) is 4.38. The van der Waals surface area contributed by atoms with Gasteiger partial charge in [0.15, 0.2) is 0 Å². The number of aromatic nitrogens is 2. The minimum atomic E-state index is 0.0157. The molecule has 0 aliphatic rings. The van der Waals surface area contributed by atoms with Crippen LogP contribution in [0.2, 0.25) is 5.02 Å². The van der Waals surface area contributed by atoms with E-state index in [9.17, 15) is 5.11 Å². The molecule has 0 fully saturated rings. The predicted molar refractivity (Wildman–Crippen MR) is 169 cm³/mol. The van der Waals surface area contributed by atoms with E-state index in [-0.39, 0.29) is 5.41 Å². The number of nitrogens with zero attached hydrogens (tertiary/aromatic N) is 3. The van der Waals surface area contributed by atoms with Crippen molar-refractivity contribution in [2.75, 3.05) is 6.54 Å². The van der Waals surface area contributed by atoms with Gasteiger partial charge in [0.05, 0.1) is 11.4 Å². The Morgan fingerprint density at radius 2 is 1.55 bits per heavy atom. The van der Waals surface area contributed by atoms with Crippen LogP contribution in [0.1, 0.15) is 77.1 Å². The van der Waals surface area contributed by atoms with E-state index in [1.54, 1.807) is 0 Å². The molecule has 0 spiro atoms. The van der Waals surface area contributed by atoms with Gasteiger partial charge < -0.3 is 9.67 Å². The molecule has 4 nitrogen and oxygen atoms in total. The molecule has 40 heavy (non-hydrogen) atoms. The van der Waals surface area contributed by atoms with E-state index in [1.807, 2.05) is 24.3 Å². The largest absolute Gasteiger partial charge is 0.508 e. The minimum absolute atomic E-state index is 0.0157. The molecule has 4 rings (SSSR count). The topological polar surface area (TPSA) is 41.3 Å². The first-order valence-electron chi connectivity index (χ1n) is 14.7. The van der Waals surface area contributed by atoms with E-state index in [2.05, 4.69) is 92.6 Å². The monoisotopic (exact) mass is 557 g/mol. The van der Waals surface area contributed by atoms with Gasteiger partial charge in [-0.25, -0.2) is 4.98 Å². The second-order valence-electron chi connectivity index (χ2n) is 11.8. The smallest absolute Gasteiger partial charge is 0.140 e. The summed E-state index contributed by atoms with van der Waals surface area (Å²) in [5.74, 6) is 1.36. The summed E-state index contributed by atoms with van der Waals surface area (Å²) in [5, 5.41) is 11.6. The number of phenols is 1. The SMILES string of the molecule is CCCCN(Cc1cc(C(C)(C)C)ccc1O)Cc1c(-c2ccc(Cl)cc2)nc(-c2ccccc2)n1CCCC. The van der Waals surface area contributed by atoms with Crippen LogP contribution in [0.5, 0.6) is 5.75 Å². The zero-order valence-electron chi connectivity index (χ0n) is 24.8. The van der Waals surface area contributed by atoms with Gasteiger partial charge in [-0.05, 0) is 48.6 Å². The summed E-state index contributed by atoms with van der Waals surface area (Å²) in [7, 11) is 0. The molecule has 0 radical (unpaired) electrons. The lowest BCUT2D eigenvalue weighted by atomic mass is 9.86. The van der Waals surface area contributed by atoms with Gasteiger partial charge in [0.25, 0.3) is 0 Å². The Balaban J connectivity index is 1.82. The number of phenolic OH excluding ortho intramolecular Hbond substituents is 1. The molecule has 0 amide bonds. The third-order valence-electron chi connectivity index (χ3n) is 7.50. The molecule has 0 aliphatic heterocycles. The first-order valence-corrected chi connectivity index (χ1v) is 15.0. The fourth-order valence-corrected chi connectivity index (χ4v) is 5.20. The van der Waals surface area contributed by atoms with Gasteiger partial charge in [-0.1, -0.05) is 114 Å².